The lowest BCUT2D eigenvalue weighted by Gasteiger charge is -2.07. The average molecular weight is 266 g/mol. The van der Waals surface area contributed by atoms with E-state index in [1.54, 1.807) is 6.07 Å². The Labute approximate surface area is 114 Å². The van der Waals surface area contributed by atoms with Crippen molar-refractivity contribution in [2.45, 2.75) is 5.92 Å². The molecule has 1 unspecified atom stereocenters. The van der Waals surface area contributed by atoms with Gasteiger partial charge in [-0.3, -0.25) is 4.79 Å². The molecule has 0 aliphatic carbocycles. The van der Waals surface area contributed by atoms with E-state index in [9.17, 15) is 9.18 Å². The first-order valence-corrected chi connectivity index (χ1v) is 6.40. The number of halogens is 1. The van der Waals surface area contributed by atoms with E-state index < -0.39 is 5.92 Å². The number of amides is 1. The summed E-state index contributed by atoms with van der Waals surface area (Å²) in [5.41, 5.74) is 3.23. The molecule has 1 aromatic heterocycles. The third-order valence-electron chi connectivity index (χ3n) is 3.78. The van der Waals surface area contributed by atoms with Crippen LogP contribution in [0.5, 0.6) is 0 Å². The molecule has 0 radical (unpaired) electrons. The van der Waals surface area contributed by atoms with E-state index in [1.165, 1.54) is 12.1 Å². The van der Waals surface area contributed by atoms with Crippen molar-refractivity contribution in [2.75, 3.05) is 5.32 Å². The van der Waals surface area contributed by atoms with E-state index >= 15 is 0 Å². The standard InChI is InChI=1S/C16H11FN2O/c17-9-5-6-14-11(7-9)15(16(20)19-14)12-8-18-13-4-2-1-3-10(12)13/h1-8,15,18H,(H,19,20). The summed E-state index contributed by atoms with van der Waals surface area (Å²) in [5.74, 6) is -0.905. The monoisotopic (exact) mass is 266 g/mol. The van der Waals surface area contributed by atoms with Crippen molar-refractivity contribution in [3.8, 4) is 0 Å². The van der Waals surface area contributed by atoms with Crippen LogP contribution in [-0.4, -0.2) is 10.9 Å². The summed E-state index contributed by atoms with van der Waals surface area (Å²) in [6.45, 7) is 0. The van der Waals surface area contributed by atoms with Gasteiger partial charge in [0.2, 0.25) is 5.91 Å². The van der Waals surface area contributed by atoms with Crippen LogP contribution in [0.25, 0.3) is 10.9 Å². The topological polar surface area (TPSA) is 44.9 Å². The number of hydrogen-bond donors (Lipinski definition) is 2. The van der Waals surface area contributed by atoms with Crippen LogP contribution < -0.4 is 5.32 Å². The number of para-hydroxylation sites is 1. The molecule has 4 heteroatoms. The number of aromatic amines is 1. The minimum absolute atomic E-state index is 0.115. The van der Waals surface area contributed by atoms with Crippen LogP contribution in [0.4, 0.5) is 10.1 Å². The Balaban J connectivity index is 1.95. The fourth-order valence-corrected chi connectivity index (χ4v) is 2.87. The summed E-state index contributed by atoms with van der Waals surface area (Å²) in [4.78, 5) is 15.4. The Morgan fingerprint density at radius 1 is 1.05 bits per heavy atom. The third kappa shape index (κ3) is 1.48. The molecule has 0 fully saturated rings. The van der Waals surface area contributed by atoms with Crippen LogP contribution in [0.2, 0.25) is 0 Å². The minimum Gasteiger partial charge on any atom is -0.361 e. The van der Waals surface area contributed by atoms with Gasteiger partial charge in [-0.1, -0.05) is 18.2 Å². The zero-order valence-electron chi connectivity index (χ0n) is 10.5. The normalized spacial score (nSPS) is 17.2. The molecule has 0 bridgehead atoms. The average Bonchev–Trinajstić information content (AvgIpc) is 2.99. The molecular weight excluding hydrogens is 255 g/mol. The third-order valence-corrected chi connectivity index (χ3v) is 3.78. The van der Waals surface area contributed by atoms with Crippen molar-refractivity contribution >= 4 is 22.5 Å². The second kappa shape index (κ2) is 3.93. The van der Waals surface area contributed by atoms with Crippen LogP contribution in [0.15, 0.2) is 48.7 Å². The Kier molecular flexibility index (Phi) is 2.21. The Hall–Kier alpha value is -2.62. The van der Waals surface area contributed by atoms with E-state index in [4.69, 9.17) is 0 Å². The van der Waals surface area contributed by atoms with Gasteiger partial charge < -0.3 is 10.3 Å². The summed E-state index contributed by atoms with van der Waals surface area (Å²) in [7, 11) is 0. The maximum absolute atomic E-state index is 13.5. The molecule has 1 aliphatic rings. The van der Waals surface area contributed by atoms with Crippen molar-refractivity contribution in [3.63, 3.8) is 0 Å². The predicted octanol–water partition coefficient (Wildman–Crippen LogP) is 3.39. The van der Waals surface area contributed by atoms with Crippen LogP contribution in [-0.2, 0) is 4.79 Å². The maximum Gasteiger partial charge on any atom is 0.236 e. The lowest BCUT2D eigenvalue weighted by Crippen LogP contribution is -2.12. The van der Waals surface area contributed by atoms with Gasteiger partial charge in [0.05, 0.1) is 5.92 Å². The quantitative estimate of drug-likeness (QED) is 0.696. The number of aromatic nitrogens is 1. The molecule has 2 N–H and O–H groups in total. The molecule has 2 aromatic carbocycles. The molecule has 0 saturated heterocycles. The van der Waals surface area contributed by atoms with Gasteiger partial charge in [0.15, 0.2) is 0 Å². The molecule has 0 spiro atoms. The zero-order valence-corrected chi connectivity index (χ0v) is 10.5. The molecule has 20 heavy (non-hydrogen) atoms. The minimum atomic E-state index is -0.461. The van der Waals surface area contributed by atoms with Crippen LogP contribution in [0.1, 0.15) is 17.0 Å². The van der Waals surface area contributed by atoms with E-state index in [0.29, 0.717) is 11.3 Å². The van der Waals surface area contributed by atoms with Crippen molar-refractivity contribution in [2.24, 2.45) is 0 Å². The number of hydrogen-bond acceptors (Lipinski definition) is 1. The van der Waals surface area contributed by atoms with Gasteiger partial charge in [0.1, 0.15) is 5.82 Å². The highest BCUT2D eigenvalue weighted by Crippen LogP contribution is 2.39. The van der Waals surface area contributed by atoms with Crippen molar-refractivity contribution < 1.29 is 9.18 Å². The maximum atomic E-state index is 13.5. The van der Waals surface area contributed by atoms with E-state index in [-0.39, 0.29) is 11.7 Å². The lowest BCUT2D eigenvalue weighted by molar-refractivity contribution is -0.116. The number of anilines is 1. The number of rotatable bonds is 1. The van der Waals surface area contributed by atoms with E-state index in [0.717, 1.165) is 16.5 Å². The highest BCUT2D eigenvalue weighted by Gasteiger charge is 2.33. The molecule has 4 rings (SSSR count). The number of fused-ring (bicyclic) bond motifs is 2. The zero-order chi connectivity index (χ0) is 13.7. The molecule has 1 amide bonds. The Morgan fingerprint density at radius 2 is 1.90 bits per heavy atom. The van der Waals surface area contributed by atoms with Gasteiger partial charge in [-0.25, -0.2) is 4.39 Å². The summed E-state index contributed by atoms with van der Waals surface area (Å²) in [6, 6.07) is 12.2. The Bertz CT molecular complexity index is 837. The van der Waals surface area contributed by atoms with Gasteiger partial charge in [-0.2, -0.15) is 0 Å². The number of benzene rings is 2. The molecule has 3 aromatic rings. The van der Waals surface area contributed by atoms with Crippen LogP contribution in [0.3, 0.4) is 0 Å². The fraction of sp³-hybridized carbons (Fsp3) is 0.0625. The van der Waals surface area contributed by atoms with Gasteiger partial charge in [0.25, 0.3) is 0 Å². The number of H-pyrrole nitrogens is 1. The van der Waals surface area contributed by atoms with E-state index in [1.807, 2.05) is 30.5 Å². The predicted molar refractivity (Wildman–Crippen MR) is 75.2 cm³/mol. The summed E-state index contributed by atoms with van der Waals surface area (Å²) < 4.78 is 13.5. The molecular formula is C16H11FN2O. The number of nitrogens with one attached hydrogen (secondary N) is 2. The summed E-state index contributed by atoms with van der Waals surface area (Å²) in [6.07, 6.45) is 1.83. The molecule has 3 nitrogen and oxygen atoms in total. The smallest absolute Gasteiger partial charge is 0.236 e. The molecule has 1 atom stereocenters. The number of carbonyl (C=O) groups is 1. The van der Waals surface area contributed by atoms with Crippen molar-refractivity contribution in [3.05, 3.63) is 65.6 Å². The summed E-state index contributed by atoms with van der Waals surface area (Å²) in [5, 5.41) is 3.80. The second-order valence-corrected chi connectivity index (χ2v) is 4.94. The summed E-state index contributed by atoms with van der Waals surface area (Å²) >= 11 is 0. The van der Waals surface area contributed by atoms with E-state index in [2.05, 4.69) is 10.3 Å². The first-order valence-electron chi connectivity index (χ1n) is 6.40. The first kappa shape index (κ1) is 11.2. The SMILES string of the molecule is O=C1Nc2ccc(F)cc2C1c1c[nH]c2ccccc12. The van der Waals surface area contributed by atoms with Crippen molar-refractivity contribution in [1.29, 1.82) is 0 Å². The molecule has 1 aliphatic heterocycles. The highest BCUT2D eigenvalue weighted by molar-refractivity contribution is 6.07. The van der Waals surface area contributed by atoms with Crippen molar-refractivity contribution in [1.82, 2.24) is 4.98 Å². The molecule has 2 heterocycles. The van der Waals surface area contributed by atoms with Gasteiger partial charge in [0, 0.05) is 22.8 Å². The molecule has 98 valence electrons. The largest absolute Gasteiger partial charge is 0.361 e. The number of carbonyl (C=O) groups excluding carboxylic acids is 1. The highest BCUT2D eigenvalue weighted by atomic mass is 19.1. The van der Waals surface area contributed by atoms with Crippen LogP contribution >= 0.6 is 0 Å². The first-order chi connectivity index (χ1) is 9.74. The van der Waals surface area contributed by atoms with Gasteiger partial charge >= 0.3 is 0 Å². The fourth-order valence-electron chi connectivity index (χ4n) is 2.87. The van der Waals surface area contributed by atoms with Crippen LogP contribution in [0, 0.1) is 5.82 Å². The second-order valence-electron chi connectivity index (χ2n) is 4.94. The molecule has 0 saturated carbocycles. The lowest BCUT2D eigenvalue weighted by atomic mass is 9.92. The van der Waals surface area contributed by atoms with Gasteiger partial charge in [-0.15, -0.1) is 0 Å². The Morgan fingerprint density at radius 3 is 2.80 bits per heavy atom. The van der Waals surface area contributed by atoms with Gasteiger partial charge in [-0.05, 0) is 35.4 Å².